The number of hydrogen-bond acceptors (Lipinski definition) is 2. The minimum atomic E-state index is -0.179. The van der Waals surface area contributed by atoms with Crippen molar-refractivity contribution in [3.05, 3.63) is 34.3 Å². The van der Waals surface area contributed by atoms with E-state index in [1.807, 2.05) is 19.9 Å². The van der Waals surface area contributed by atoms with Gasteiger partial charge >= 0.3 is 0 Å². The summed E-state index contributed by atoms with van der Waals surface area (Å²) in [5, 5.41) is 2.75. The molecule has 0 aliphatic heterocycles. The summed E-state index contributed by atoms with van der Waals surface area (Å²) >= 11 is 3.32. The van der Waals surface area contributed by atoms with Gasteiger partial charge in [-0.05, 0) is 41.9 Å². The van der Waals surface area contributed by atoms with E-state index in [1.54, 1.807) is 25.2 Å². The first-order chi connectivity index (χ1) is 8.41. The van der Waals surface area contributed by atoms with Crippen LogP contribution in [-0.4, -0.2) is 36.3 Å². The van der Waals surface area contributed by atoms with E-state index in [4.69, 9.17) is 0 Å². The quantitative estimate of drug-likeness (QED) is 0.925. The van der Waals surface area contributed by atoms with Crippen molar-refractivity contribution >= 4 is 27.7 Å². The number of benzene rings is 1. The zero-order valence-corrected chi connectivity index (χ0v) is 12.3. The molecule has 5 heteroatoms. The lowest BCUT2D eigenvalue weighted by atomic mass is 10.2. The average molecular weight is 313 g/mol. The third kappa shape index (κ3) is 4.14. The van der Waals surface area contributed by atoms with Gasteiger partial charge in [-0.25, -0.2) is 0 Å². The summed E-state index contributed by atoms with van der Waals surface area (Å²) in [4.78, 5) is 25.1. The number of hydrogen-bond donors (Lipinski definition) is 1. The van der Waals surface area contributed by atoms with Crippen LogP contribution >= 0.6 is 15.9 Å². The number of likely N-dealkylation sites (N-methyl/N-ethyl adjacent to an activating group) is 1. The molecule has 0 aliphatic rings. The van der Waals surface area contributed by atoms with Gasteiger partial charge in [-0.15, -0.1) is 0 Å². The van der Waals surface area contributed by atoms with Gasteiger partial charge in [0, 0.05) is 17.6 Å². The van der Waals surface area contributed by atoms with Crippen molar-refractivity contribution in [1.82, 2.24) is 10.2 Å². The number of amides is 2. The van der Waals surface area contributed by atoms with Crippen molar-refractivity contribution in [3.63, 3.8) is 0 Å². The van der Waals surface area contributed by atoms with Crippen molar-refractivity contribution in [3.8, 4) is 0 Å². The fourth-order valence-electron chi connectivity index (χ4n) is 1.50. The molecule has 0 bridgehead atoms. The predicted octanol–water partition coefficient (Wildman–Crippen LogP) is 2.05. The second-order valence-electron chi connectivity index (χ2n) is 4.36. The number of carbonyl (C=O) groups is 2. The smallest absolute Gasteiger partial charge is 0.255 e. The van der Waals surface area contributed by atoms with Gasteiger partial charge in [0.25, 0.3) is 5.91 Å². The van der Waals surface area contributed by atoms with E-state index in [9.17, 15) is 9.59 Å². The molecule has 1 N–H and O–H groups in total. The maximum Gasteiger partial charge on any atom is 0.255 e. The van der Waals surface area contributed by atoms with Crippen molar-refractivity contribution in [1.29, 1.82) is 0 Å². The highest BCUT2D eigenvalue weighted by molar-refractivity contribution is 9.10. The summed E-state index contributed by atoms with van der Waals surface area (Å²) < 4.78 is 0.728. The van der Waals surface area contributed by atoms with Crippen LogP contribution < -0.4 is 5.32 Å². The van der Waals surface area contributed by atoms with Crippen LogP contribution in [0.4, 0.5) is 0 Å². The number of carbonyl (C=O) groups excluding carboxylic acids is 2. The third-order valence-corrected chi connectivity index (χ3v) is 2.97. The van der Waals surface area contributed by atoms with Crippen LogP contribution in [0.3, 0.4) is 0 Å². The van der Waals surface area contributed by atoms with Crippen LogP contribution in [0.2, 0.25) is 0 Å². The van der Waals surface area contributed by atoms with Crippen molar-refractivity contribution in [2.75, 3.05) is 13.6 Å². The SMILES string of the molecule is CC(C)NC(=O)CN(C)C(=O)c1ccccc1Br. The molecule has 2 amide bonds. The van der Waals surface area contributed by atoms with Crippen molar-refractivity contribution in [2.24, 2.45) is 0 Å². The summed E-state index contributed by atoms with van der Waals surface area (Å²) in [7, 11) is 1.61. The predicted molar refractivity (Wildman–Crippen MR) is 74.4 cm³/mol. The molecule has 1 rings (SSSR count). The molecule has 0 aliphatic carbocycles. The molecule has 18 heavy (non-hydrogen) atoms. The molecule has 0 radical (unpaired) electrons. The molecule has 0 spiro atoms. The van der Waals surface area contributed by atoms with Gasteiger partial charge in [0.15, 0.2) is 0 Å². The topological polar surface area (TPSA) is 49.4 Å². The van der Waals surface area contributed by atoms with Crippen LogP contribution in [0.5, 0.6) is 0 Å². The molecule has 0 unspecified atom stereocenters. The largest absolute Gasteiger partial charge is 0.352 e. The Bertz CT molecular complexity index is 446. The van der Waals surface area contributed by atoms with Crippen LogP contribution in [0.25, 0.3) is 0 Å². The summed E-state index contributed by atoms with van der Waals surface area (Å²) in [6, 6.07) is 7.23. The Kier molecular flexibility index (Phi) is 5.34. The van der Waals surface area contributed by atoms with E-state index in [0.717, 1.165) is 4.47 Å². The summed E-state index contributed by atoms with van der Waals surface area (Å²) in [6.07, 6.45) is 0. The molecule has 4 nitrogen and oxygen atoms in total. The Morgan fingerprint density at radius 1 is 1.33 bits per heavy atom. The van der Waals surface area contributed by atoms with Gasteiger partial charge in [0.2, 0.25) is 5.91 Å². The second-order valence-corrected chi connectivity index (χ2v) is 5.22. The van der Waals surface area contributed by atoms with E-state index in [2.05, 4.69) is 21.2 Å². The monoisotopic (exact) mass is 312 g/mol. The van der Waals surface area contributed by atoms with Crippen molar-refractivity contribution in [2.45, 2.75) is 19.9 Å². The summed E-state index contributed by atoms with van der Waals surface area (Å²) in [5.74, 6) is -0.339. The van der Waals surface area contributed by atoms with E-state index in [1.165, 1.54) is 4.90 Å². The van der Waals surface area contributed by atoms with E-state index in [-0.39, 0.29) is 24.4 Å². The zero-order valence-electron chi connectivity index (χ0n) is 10.7. The molecular weight excluding hydrogens is 296 g/mol. The van der Waals surface area contributed by atoms with Crippen LogP contribution in [0, 0.1) is 0 Å². The average Bonchev–Trinajstić information content (AvgIpc) is 2.27. The first-order valence-electron chi connectivity index (χ1n) is 5.71. The number of nitrogens with one attached hydrogen (secondary N) is 1. The molecular formula is C13H17BrN2O2. The fraction of sp³-hybridized carbons (Fsp3) is 0.385. The Balaban J connectivity index is 2.68. The van der Waals surface area contributed by atoms with Gasteiger partial charge in [-0.3, -0.25) is 9.59 Å². The molecule has 0 fully saturated rings. The zero-order chi connectivity index (χ0) is 13.7. The number of nitrogens with zero attached hydrogens (tertiary/aromatic N) is 1. The highest BCUT2D eigenvalue weighted by atomic mass is 79.9. The lowest BCUT2D eigenvalue weighted by Gasteiger charge is -2.18. The van der Waals surface area contributed by atoms with Crippen LogP contribution in [0.1, 0.15) is 24.2 Å². The molecule has 98 valence electrons. The molecule has 0 saturated carbocycles. The van der Waals surface area contributed by atoms with E-state index in [0.29, 0.717) is 5.56 Å². The maximum absolute atomic E-state index is 12.1. The second kappa shape index (κ2) is 6.54. The molecule has 1 aromatic carbocycles. The number of halogens is 1. The third-order valence-electron chi connectivity index (χ3n) is 2.28. The van der Waals surface area contributed by atoms with Crippen LogP contribution in [-0.2, 0) is 4.79 Å². The Hall–Kier alpha value is -1.36. The van der Waals surface area contributed by atoms with Gasteiger partial charge in [-0.2, -0.15) is 0 Å². The lowest BCUT2D eigenvalue weighted by molar-refractivity contribution is -0.122. The normalized spacial score (nSPS) is 10.3. The van der Waals surface area contributed by atoms with Gasteiger partial charge in [0.1, 0.15) is 0 Å². The molecule has 0 aromatic heterocycles. The van der Waals surface area contributed by atoms with Gasteiger partial charge < -0.3 is 10.2 Å². The number of rotatable bonds is 4. The highest BCUT2D eigenvalue weighted by Gasteiger charge is 2.17. The van der Waals surface area contributed by atoms with Crippen LogP contribution in [0.15, 0.2) is 28.7 Å². The minimum Gasteiger partial charge on any atom is -0.352 e. The standard InChI is InChI=1S/C13H17BrN2O2/c1-9(2)15-12(17)8-16(3)13(18)10-6-4-5-7-11(10)14/h4-7,9H,8H2,1-3H3,(H,15,17). The summed E-state index contributed by atoms with van der Waals surface area (Å²) in [5.41, 5.74) is 0.553. The van der Waals surface area contributed by atoms with E-state index < -0.39 is 0 Å². The molecule has 0 saturated heterocycles. The van der Waals surface area contributed by atoms with Crippen molar-refractivity contribution < 1.29 is 9.59 Å². The summed E-state index contributed by atoms with van der Waals surface area (Å²) in [6.45, 7) is 3.82. The molecule has 1 aromatic rings. The van der Waals surface area contributed by atoms with Gasteiger partial charge in [-0.1, -0.05) is 12.1 Å². The minimum absolute atomic E-state index is 0.0539. The Morgan fingerprint density at radius 3 is 2.50 bits per heavy atom. The maximum atomic E-state index is 12.1. The highest BCUT2D eigenvalue weighted by Crippen LogP contribution is 2.17. The first kappa shape index (κ1) is 14.7. The lowest BCUT2D eigenvalue weighted by Crippen LogP contribution is -2.40. The first-order valence-corrected chi connectivity index (χ1v) is 6.50. The van der Waals surface area contributed by atoms with E-state index >= 15 is 0 Å². The Morgan fingerprint density at radius 2 is 1.94 bits per heavy atom. The van der Waals surface area contributed by atoms with Gasteiger partial charge in [0.05, 0.1) is 12.1 Å². The fourth-order valence-corrected chi connectivity index (χ4v) is 1.95. The molecule has 0 heterocycles. The Labute approximate surface area is 115 Å². The molecule has 0 atom stereocenters.